The van der Waals surface area contributed by atoms with E-state index in [2.05, 4.69) is 41.7 Å². The fourth-order valence-electron chi connectivity index (χ4n) is 3.13. The van der Waals surface area contributed by atoms with Gasteiger partial charge in [0.2, 0.25) is 5.91 Å². The van der Waals surface area contributed by atoms with Crippen molar-refractivity contribution < 1.29 is 9.59 Å². The second-order valence-corrected chi connectivity index (χ2v) is 6.59. The molecule has 1 saturated heterocycles. The molecule has 0 bridgehead atoms. The number of hydrogen-bond acceptors (Lipinski definition) is 3. The molecule has 3 rings (SSSR count). The molecule has 1 aliphatic heterocycles. The van der Waals surface area contributed by atoms with Crippen LogP contribution in [0.15, 0.2) is 54.6 Å². The van der Waals surface area contributed by atoms with E-state index in [1.165, 1.54) is 11.1 Å². The van der Waals surface area contributed by atoms with E-state index in [4.69, 9.17) is 0 Å². The summed E-state index contributed by atoms with van der Waals surface area (Å²) >= 11 is 0. The predicted octanol–water partition coefficient (Wildman–Crippen LogP) is 3.20. The summed E-state index contributed by atoms with van der Waals surface area (Å²) in [6.45, 7) is 3.73. The van der Waals surface area contributed by atoms with E-state index in [1.807, 2.05) is 30.0 Å². The molecule has 0 radical (unpaired) electrons. The van der Waals surface area contributed by atoms with Crippen molar-refractivity contribution in [2.24, 2.45) is 0 Å². The van der Waals surface area contributed by atoms with Crippen LogP contribution in [0.25, 0.3) is 11.1 Å². The molecule has 0 aliphatic carbocycles. The number of nitrogens with one attached hydrogen (secondary N) is 1. The molecule has 1 fully saturated rings. The van der Waals surface area contributed by atoms with Gasteiger partial charge in [-0.05, 0) is 23.6 Å². The minimum atomic E-state index is -0.0382. The van der Waals surface area contributed by atoms with Crippen molar-refractivity contribution in [2.45, 2.75) is 25.8 Å². The Morgan fingerprint density at radius 3 is 2.24 bits per heavy atom. The predicted molar refractivity (Wildman–Crippen MR) is 99.1 cm³/mol. The number of hydrogen-bond donors (Lipinski definition) is 1. The summed E-state index contributed by atoms with van der Waals surface area (Å²) in [5.41, 5.74) is 3.44. The van der Waals surface area contributed by atoms with Crippen LogP contribution >= 0.6 is 0 Å². The van der Waals surface area contributed by atoms with Crippen LogP contribution in [-0.2, 0) is 9.59 Å². The fourth-order valence-corrected chi connectivity index (χ4v) is 3.13. The maximum Gasteiger partial charge on any atom is 0.234 e. The topological polar surface area (TPSA) is 49.4 Å². The standard InChI is InChI=1S/C21H24N2O2/c1-16(22-21(25)15-23-13-11-20(24)12-14-23)17-7-9-19(10-8-17)18-5-3-2-4-6-18/h2-10,16H,11-15H2,1H3,(H,22,25). The highest BCUT2D eigenvalue weighted by Gasteiger charge is 2.19. The highest BCUT2D eigenvalue weighted by molar-refractivity contribution is 5.81. The van der Waals surface area contributed by atoms with Gasteiger partial charge < -0.3 is 5.32 Å². The second-order valence-electron chi connectivity index (χ2n) is 6.59. The molecular formula is C21H24N2O2. The van der Waals surface area contributed by atoms with Crippen LogP contribution < -0.4 is 5.32 Å². The minimum absolute atomic E-state index is 0.00832. The van der Waals surface area contributed by atoms with Crippen molar-refractivity contribution in [2.75, 3.05) is 19.6 Å². The quantitative estimate of drug-likeness (QED) is 0.912. The molecule has 0 saturated carbocycles. The van der Waals surface area contributed by atoms with Gasteiger partial charge in [0.15, 0.2) is 0 Å². The molecule has 1 heterocycles. The van der Waals surface area contributed by atoms with Crippen LogP contribution in [0.5, 0.6) is 0 Å². The first kappa shape index (κ1) is 17.4. The number of ketones is 1. The van der Waals surface area contributed by atoms with Gasteiger partial charge in [-0.3, -0.25) is 14.5 Å². The molecule has 4 nitrogen and oxygen atoms in total. The highest BCUT2D eigenvalue weighted by Crippen LogP contribution is 2.21. The Kier molecular flexibility index (Phi) is 5.61. The van der Waals surface area contributed by atoms with Crippen LogP contribution in [0.2, 0.25) is 0 Å². The summed E-state index contributed by atoms with van der Waals surface area (Å²) in [5, 5.41) is 3.05. The SMILES string of the molecule is CC(NC(=O)CN1CCC(=O)CC1)c1ccc(-c2ccccc2)cc1. The van der Waals surface area contributed by atoms with E-state index in [9.17, 15) is 9.59 Å². The van der Waals surface area contributed by atoms with E-state index in [0.717, 1.165) is 5.56 Å². The molecule has 2 aromatic carbocycles. The van der Waals surface area contributed by atoms with Crippen LogP contribution in [0.1, 0.15) is 31.4 Å². The summed E-state index contributed by atoms with van der Waals surface area (Å²) in [5.74, 6) is 0.303. The zero-order valence-corrected chi connectivity index (χ0v) is 14.6. The first-order chi connectivity index (χ1) is 12.1. The summed E-state index contributed by atoms with van der Waals surface area (Å²) in [4.78, 5) is 25.5. The van der Waals surface area contributed by atoms with Crippen LogP contribution in [-0.4, -0.2) is 36.2 Å². The van der Waals surface area contributed by atoms with Gasteiger partial charge in [-0.15, -0.1) is 0 Å². The first-order valence-corrected chi connectivity index (χ1v) is 8.80. The third-order valence-corrected chi connectivity index (χ3v) is 4.68. The molecular weight excluding hydrogens is 312 g/mol. The summed E-state index contributed by atoms with van der Waals surface area (Å²) < 4.78 is 0. The van der Waals surface area contributed by atoms with E-state index >= 15 is 0 Å². The average Bonchev–Trinajstić information content (AvgIpc) is 2.64. The number of likely N-dealkylation sites (tertiary alicyclic amines) is 1. The third kappa shape index (κ3) is 4.77. The van der Waals surface area contributed by atoms with Crippen molar-refractivity contribution in [3.8, 4) is 11.1 Å². The van der Waals surface area contributed by atoms with Gasteiger partial charge in [0.1, 0.15) is 5.78 Å². The lowest BCUT2D eigenvalue weighted by Crippen LogP contribution is -2.42. The summed E-state index contributed by atoms with van der Waals surface area (Å²) in [7, 11) is 0. The molecule has 0 spiro atoms. The molecule has 4 heteroatoms. The monoisotopic (exact) mass is 336 g/mol. The van der Waals surface area contributed by atoms with Gasteiger partial charge in [-0.1, -0.05) is 54.6 Å². The Morgan fingerprint density at radius 1 is 1.00 bits per heavy atom. The molecule has 2 aromatic rings. The largest absolute Gasteiger partial charge is 0.348 e. The zero-order chi connectivity index (χ0) is 17.6. The van der Waals surface area contributed by atoms with Gasteiger partial charge in [0.05, 0.1) is 12.6 Å². The van der Waals surface area contributed by atoms with Crippen molar-refractivity contribution >= 4 is 11.7 Å². The summed E-state index contributed by atoms with van der Waals surface area (Å²) in [6, 6.07) is 18.5. The number of carbonyl (C=O) groups is 2. The van der Waals surface area contributed by atoms with E-state index in [0.29, 0.717) is 38.3 Å². The molecule has 1 N–H and O–H groups in total. The van der Waals surface area contributed by atoms with Crippen LogP contribution in [0, 0.1) is 0 Å². The smallest absolute Gasteiger partial charge is 0.234 e. The number of nitrogens with zero attached hydrogens (tertiary/aromatic N) is 1. The lowest BCUT2D eigenvalue weighted by Gasteiger charge is -2.26. The molecule has 1 atom stereocenters. The average molecular weight is 336 g/mol. The molecule has 25 heavy (non-hydrogen) atoms. The zero-order valence-electron chi connectivity index (χ0n) is 14.6. The molecule has 0 aromatic heterocycles. The van der Waals surface area contributed by atoms with Gasteiger partial charge >= 0.3 is 0 Å². The van der Waals surface area contributed by atoms with Crippen LogP contribution in [0.4, 0.5) is 0 Å². The van der Waals surface area contributed by atoms with Gasteiger partial charge in [-0.2, -0.15) is 0 Å². The van der Waals surface area contributed by atoms with E-state index in [1.54, 1.807) is 0 Å². The third-order valence-electron chi connectivity index (χ3n) is 4.68. The van der Waals surface area contributed by atoms with Crippen molar-refractivity contribution in [3.63, 3.8) is 0 Å². The lowest BCUT2D eigenvalue weighted by molar-refractivity contribution is -0.126. The molecule has 130 valence electrons. The molecule has 1 aliphatic rings. The van der Waals surface area contributed by atoms with Crippen LogP contribution in [0.3, 0.4) is 0 Å². The Balaban J connectivity index is 1.55. The number of rotatable bonds is 5. The maximum atomic E-state index is 12.2. The number of amides is 1. The van der Waals surface area contributed by atoms with E-state index in [-0.39, 0.29) is 11.9 Å². The van der Waals surface area contributed by atoms with Crippen molar-refractivity contribution in [1.29, 1.82) is 0 Å². The van der Waals surface area contributed by atoms with Gasteiger partial charge in [0.25, 0.3) is 0 Å². The number of carbonyl (C=O) groups excluding carboxylic acids is 2. The first-order valence-electron chi connectivity index (χ1n) is 8.80. The molecule has 1 unspecified atom stereocenters. The number of piperidine rings is 1. The fraction of sp³-hybridized carbons (Fsp3) is 0.333. The van der Waals surface area contributed by atoms with Gasteiger partial charge in [-0.25, -0.2) is 0 Å². The Hall–Kier alpha value is -2.46. The van der Waals surface area contributed by atoms with Crippen molar-refractivity contribution in [3.05, 3.63) is 60.2 Å². The lowest BCUT2D eigenvalue weighted by atomic mass is 10.0. The van der Waals surface area contributed by atoms with Gasteiger partial charge in [0, 0.05) is 25.9 Å². The van der Waals surface area contributed by atoms with Crippen molar-refractivity contribution in [1.82, 2.24) is 10.2 Å². The Labute approximate surface area is 148 Å². The minimum Gasteiger partial charge on any atom is -0.348 e. The second kappa shape index (κ2) is 8.08. The highest BCUT2D eigenvalue weighted by atomic mass is 16.2. The number of Topliss-reactive ketones (excluding diaryl/α,β-unsaturated/α-hetero) is 1. The molecule has 1 amide bonds. The Bertz CT molecular complexity index is 715. The number of benzene rings is 2. The van der Waals surface area contributed by atoms with E-state index < -0.39 is 0 Å². The normalized spacial score (nSPS) is 16.4. The Morgan fingerprint density at radius 2 is 1.60 bits per heavy atom. The summed E-state index contributed by atoms with van der Waals surface area (Å²) in [6.07, 6.45) is 1.12. The maximum absolute atomic E-state index is 12.2.